The van der Waals surface area contributed by atoms with Gasteiger partial charge in [-0.1, -0.05) is 42.5 Å². The van der Waals surface area contributed by atoms with Crippen molar-refractivity contribution in [3.8, 4) is 11.5 Å². The number of benzene rings is 3. The average molecular weight is 498 g/mol. The standard InChI is InChI=1S/C30H28FN3O3/c31-24-9-6-22(7-10-24)29(26-11-8-21-3-1-2-4-25(21)32-26)33-30(35)23-13-15-34(16-14-23)18-20-5-12-27-28(17-20)37-19-36-27/h1-12,17,23,29H,13-16,18-19H2,(H,33,35). The molecule has 6 rings (SSSR count). The number of ether oxygens (including phenoxy) is 2. The number of fused-ring (bicyclic) bond motifs is 2. The van der Waals surface area contributed by atoms with Gasteiger partial charge in [0, 0.05) is 17.8 Å². The molecule has 1 N–H and O–H groups in total. The molecule has 2 aliphatic rings. The van der Waals surface area contributed by atoms with Gasteiger partial charge in [-0.2, -0.15) is 0 Å². The van der Waals surface area contributed by atoms with Crippen molar-refractivity contribution >= 4 is 16.8 Å². The van der Waals surface area contributed by atoms with Crippen LogP contribution in [0.25, 0.3) is 10.9 Å². The summed E-state index contributed by atoms with van der Waals surface area (Å²) in [6.45, 7) is 2.75. The molecule has 2 aliphatic heterocycles. The van der Waals surface area contributed by atoms with Crippen LogP contribution in [-0.2, 0) is 11.3 Å². The summed E-state index contributed by atoms with van der Waals surface area (Å²) >= 11 is 0. The molecule has 1 unspecified atom stereocenters. The van der Waals surface area contributed by atoms with E-state index in [0.717, 1.165) is 66.1 Å². The van der Waals surface area contributed by atoms with Gasteiger partial charge < -0.3 is 14.8 Å². The second-order valence-corrected chi connectivity index (χ2v) is 9.66. The van der Waals surface area contributed by atoms with Crippen molar-refractivity contribution < 1.29 is 18.7 Å². The minimum absolute atomic E-state index is 0.00649. The average Bonchev–Trinajstić information content (AvgIpc) is 3.40. The van der Waals surface area contributed by atoms with Crippen molar-refractivity contribution in [2.24, 2.45) is 5.92 Å². The summed E-state index contributed by atoms with van der Waals surface area (Å²) in [5, 5.41) is 4.26. The molecule has 1 aromatic heterocycles. The SMILES string of the molecule is O=C(NC(c1ccc(F)cc1)c1ccc2ccccc2n1)C1CCN(Cc2ccc3c(c2)OCO3)CC1. The van der Waals surface area contributed by atoms with Gasteiger partial charge >= 0.3 is 0 Å². The first kappa shape index (κ1) is 23.4. The van der Waals surface area contributed by atoms with Gasteiger partial charge in [-0.3, -0.25) is 14.7 Å². The molecule has 188 valence electrons. The fourth-order valence-electron chi connectivity index (χ4n) is 5.14. The van der Waals surface area contributed by atoms with Crippen LogP contribution in [0, 0.1) is 11.7 Å². The topological polar surface area (TPSA) is 63.7 Å². The van der Waals surface area contributed by atoms with Crippen molar-refractivity contribution in [2.75, 3.05) is 19.9 Å². The zero-order valence-electron chi connectivity index (χ0n) is 20.4. The summed E-state index contributed by atoms with van der Waals surface area (Å²) < 4.78 is 24.6. The smallest absolute Gasteiger partial charge is 0.231 e. The third-order valence-electron chi connectivity index (χ3n) is 7.21. The maximum Gasteiger partial charge on any atom is 0.231 e. The van der Waals surface area contributed by atoms with E-state index in [4.69, 9.17) is 14.5 Å². The summed E-state index contributed by atoms with van der Waals surface area (Å²) in [4.78, 5) is 20.6. The lowest BCUT2D eigenvalue weighted by Crippen LogP contribution is -2.41. The molecule has 1 saturated heterocycles. The van der Waals surface area contributed by atoms with E-state index in [9.17, 15) is 9.18 Å². The molecule has 7 heteroatoms. The van der Waals surface area contributed by atoms with Gasteiger partial charge in [-0.25, -0.2) is 4.39 Å². The second-order valence-electron chi connectivity index (χ2n) is 9.66. The van der Waals surface area contributed by atoms with E-state index in [0.29, 0.717) is 0 Å². The highest BCUT2D eigenvalue weighted by Crippen LogP contribution is 2.33. The van der Waals surface area contributed by atoms with Gasteiger partial charge in [-0.15, -0.1) is 0 Å². The summed E-state index contributed by atoms with van der Waals surface area (Å²) in [7, 11) is 0. The number of hydrogen-bond donors (Lipinski definition) is 1. The third-order valence-corrected chi connectivity index (χ3v) is 7.21. The molecule has 0 radical (unpaired) electrons. The fourth-order valence-corrected chi connectivity index (χ4v) is 5.14. The van der Waals surface area contributed by atoms with E-state index in [1.165, 1.54) is 17.7 Å². The van der Waals surface area contributed by atoms with Gasteiger partial charge in [0.05, 0.1) is 17.3 Å². The van der Waals surface area contributed by atoms with Gasteiger partial charge in [-0.05, 0) is 73.5 Å². The Bertz CT molecular complexity index is 1420. The number of carbonyl (C=O) groups is 1. The Morgan fingerprint density at radius 2 is 1.76 bits per heavy atom. The summed E-state index contributed by atoms with van der Waals surface area (Å²) in [6, 6.07) is 23.7. The lowest BCUT2D eigenvalue weighted by atomic mass is 9.94. The Hall–Kier alpha value is -3.97. The van der Waals surface area contributed by atoms with Crippen LogP contribution in [-0.4, -0.2) is 35.7 Å². The number of rotatable bonds is 6. The Kier molecular flexibility index (Phi) is 6.45. The monoisotopic (exact) mass is 497 g/mol. The van der Waals surface area contributed by atoms with E-state index in [2.05, 4.69) is 16.3 Å². The number of pyridine rings is 1. The van der Waals surface area contributed by atoms with Crippen molar-refractivity contribution in [2.45, 2.75) is 25.4 Å². The molecule has 1 atom stereocenters. The quantitative estimate of drug-likeness (QED) is 0.396. The van der Waals surface area contributed by atoms with Crippen molar-refractivity contribution in [1.29, 1.82) is 0 Å². The normalized spacial score (nSPS) is 16.6. The van der Waals surface area contributed by atoms with Crippen molar-refractivity contribution in [1.82, 2.24) is 15.2 Å². The highest BCUT2D eigenvalue weighted by Gasteiger charge is 2.28. The molecule has 6 nitrogen and oxygen atoms in total. The Balaban J connectivity index is 1.14. The maximum atomic E-state index is 13.7. The van der Waals surface area contributed by atoms with E-state index in [-0.39, 0.29) is 24.4 Å². The molecule has 0 spiro atoms. The van der Waals surface area contributed by atoms with Crippen LogP contribution >= 0.6 is 0 Å². The number of amides is 1. The second kappa shape index (κ2) is 10.2. The molecular formula is C30H28FN3O3. The zero-order valence-corrected chi connectivity index (χ0v) is 20.4. The number of likely N-dealkylation sites (tertiary alicyclic amines) is 1. The van der Waals surface area contributed by atoms with Crippen LogP contribution in [0.3, 0.4) is 0 Å². The number of halogens is 1. The summed E-state index contributed by atoms with van der Waals surface area (Å²) in [5.74, 6) is 1.19. The molecule has 1 amide bonds. The first-order valence-corrected chi connectivity index (χ1v) is 12.6. The van der Waals surface area contributed by atoms with Crippen LogP contribution in [0.5, 0.6) is 11.5 Å². The number of nitrogens with zero attached hydrogens (tertiary/aromatic N) is 2. The molecule has 3 aromatic carbocycles. The molecule has 37 heavy (non-hydrogen) atoms. The number of piperidine rings is 1. The molecule has 1 fully saturated rings. The van der Waals surface area contributed by atoms with Crippen molar-refractivity contribution in [3.63, 3.8) is 0 Å². The molecule has 3 heterocycles. The first-order chi connectivity index (χ1) is 18.1. The predicted molar refractivity (Wildman–Crippen MR) is 139 cm³/mol. The van der Waals surface area contributed by atoms with E-state index in [1.807, 2.05) is 48.5 Å². The highest BCUT2D eigenvalue weighted by molar-refractivity contribution is 5.81. The van der Waals surface area contributed by atoms with Crippen LogP contribution in [0.15, 0.2) is 78.9 Å². The number of aromatic nitrogens is 1. The number of nitrogens with one attached hydrogen (secondary N) is 1. The van der Waals surface area contributed by atoms with Crippen LogP contribution < -0.4 is 14.8 Å². The van der Waals surface area contributed by atoms with Gasteiger partial charge in [0.15, 0.2) is 11.5 Å². The third kappa shape index (κ3) is 5.13. The minimum Gasteiger partial charge on any atom is -0.454 e. The maximum absolute atomic E-state index is 13.7. The van der Waals surface area contributed by atoms with Gasteiger partial charge in [0.1, 0.15) is 5.82 Å². The minimum atomic E-state index is -0.454. The van der Waals surface area contributed by atoms with E-state index in [1.54, 1.807) is 12.1 Å². The molecule has 0 saturated carbocycles. The van der Waals surface area contributed by atoms with Crippen LogP contribution in [0.4, 0.5) is 4.39 Å². The number of carbonyl (C=O) groups excluding carboxylic acids is 1. The van der Waals surface area contributed by atoms with E-state index < -0.39 is 6.04 Å². The Morgan fingerprint density at radius 1 is 0.973 bits per heavy atom. The lowest BCUT2D eigenvalue weighted by Gasteiger charge is -2.32. The molecule has 0 bridgehead atoms. The summed E-state index contributed by atoms with van der Waals surface area (Å²) in [6.07, 6.45) is 1.55. The van der Waals surface area contributed by atoms with Gasteiger partial charge in [0.2, 0.25) is 12.7 Å². The Morgan fingerprint density at radius 3 is 2.59 bits per heavy atom. The predicted octanol–water partition coefficient (Wildman–Crippen LogP) is 5.22. The zero-order chi connectivity index (χ0) is 25.2. The highest BCUT2D eigenvalue weighted by atomic mass is 19.1. The summed E-state index contributed by atoms with van der Waals surface area (Å²) in [5.41, 5.74) is 3.57. The number of para-hydroxylation sites is 1. The largest absolute Gasteiger partial charge is 0.454 e. The Labute approximate surface area is 215 Å². The molecular weight excluding hydrogens is 469 g/mol. The van der Waals surface area contributed by atoms with Crippen LogP contribution in [0.2, 0.25) is 0 Å². The molecule has 4 aromatic rings. The lowest BCUT2D eigenvalue weighted by molar-refractivity contribution is -0.127. The van der Waals surface area contributed by atoms with Crippen molar-refractivity contribution in [3.05, 3.63) is 102 Å². The van der Waals surface area contributed by atoms with E-state index >= 15 is 0 Å². The number of hydrogen-bond acceptors (Lipinski definition) is 5. The first-order valence-electron chi connectivity index (χ1n) is 12.6. The van der Waals surface area contributed by atoms with Gasteiger partial charge in [0.25, 0.3) is 0 Å². The molecule has 0 aliphatic carbocycles. The van der Waals surface area contributed by atoms with Crippen LogP contribution in [0.1, 0.15) is 35.7 Å². The fraction of sp³-hybridized carbons (Fsp3) is 0.267.